The number of hydrogen-bond donors (Lipinski definition) is 2. The van der Waals surface area contributed by atoms with Crippen LogP contribution in [-0.2, 0) is 11.0 Å². The number of allylic oxidation sites excluding steroid dienone is 1. The van der Waals surface area contributed by atoms with E-state index in [1.807, 2.05) is 48.5 Å². The molecule has 0 bridgehead atoms. The highest BCUT2D eigenvalue weighted by Crippen LogP contribution is 2.47. The number of alkyl halides is 3. The van der Waals surface area contributed by atoms with Crippen molar-refractivity contribution in [3.63, 3.8) is 0 Å². The van der Waals surface area contributed by atoms with Crippen molar-refractivity contribution in [2.75, 3.05) is 0 Å². The van der Waals surface area contributed by atoms with Crippen molar-refractivity contribution >= 4 is 34.8 Å². The fourth-order valence-corrected chi connectivity index (χ4v) is 5.09. The number of aromatic nitrogens is 2. The fourth-order valence-electron chi connectivity index (χ4n) is 4.81. The molecule has 4 aromatic rings. The number of aliphatic carboxylic acids is 1. The van der Waals surface area contributed by atoms with Gasteiger partial charge in [0.1, 0.15) is 0 Å². The third-order valence-corrected chi connectivity index (χ3v) is 7.30. The second-order valence-corrected chi connectivity index (χ2v) is 9.87. The molecule has 0 atom stereocenters. The Hall–Kier alpha value is -4.10. The number of carboxylic acid groups (broad SMARTS) is 1. The Kier molecular flexibility index (Phi) is 7.44. The average molecular weight is 549 g/mol. The monoisotopic (exact) mass is 548 g/mol. The van der Waals surface area contributed by atoms with Crippen LogP contribution in [0.3, 0.4) is 0 Å². The smallest absolute Gasteiger partial charge is 0.416 e. The van der Waals surface area contributed by atoms with E-state index < -0.39 is 17.7 Å². The van der Waals surface area contributed by atoms with E-state index in [4.69, 9.17) is 16.7 Å². The zero-order chi connectivity index (χ0) is 27.6. The minimum Gasteiger partial charge on any atom is -0.478 e. The Morgan fingerprint density at radius 2 is 1.64 bits per heavy atom. The molecule has 1 saturated carbocycles. The first-order valence-electron chi connectivity index (χ1n) is 12.4. The molecule has 0 unspecified atom stereocenters. The molecule has 2 N–H and O–H groups in total. The highest BCUT2D eigenvalue weighted by atomic mass is 35.5. The summed E-state index contributed by atoms with van der Waals surface area (Å²) in [4.78, 5) is 10.9. The Labute approximate surface area is 228 Å². The highest BCUT2D eigenvalue weighted by molar-refractivity contribution is 6.33. The maximum absolute atomic E-state index is 13.4. The molecule has 1 fully saturated rings. The van der Waals surface area contributed by atoms with Gasteiger partial charge in [-0.15, -0.1) is 0 Å². The molecule has 3 aromatic carbocycles. The van der Waals surface area contributed by atoms with Gasteiger partial charge in [0.2, 0.25) is 0 Å². The van der Waals surface area contributed by atoms with Crippen LogP contribution in [0.4, 0.5) is 13.2 Å². The lowest BCUT2D eigenvalue weighted by Gasteiger charge is -2.32. The maximum Gasteiger partial charge on any atom is 0.416 e. The molecule has 0 radical (unpaired) electrons. The number of hydrogen-bond acceptors (Lipinski definition) is 2. The summed E-state index contributed by atoms with van der Waals surface area (Å²) in [5.41, 5.74) is 5.96. The Bertz CT molecular complexity index is 1530. The molecule has 0 spiro atoms. The van der Waals surface area contributed by atoms with Crippen LogP contribution in [0.1, 0.15) is 47.1 Å². The van der Waals surface area contributed by atoms with Crippen molar-refractivity contribution < 1.29 is 23.1 Å². The molecule has 39 heavy (non-hydrogen) atoms. The maximum atomic E-state index is 13.4. The largest absolute Gasteiger partial charge is 0.478 e. The number of carbonyl (C=O) groups is 1. The van der Waals surface area contributed by atoms with Gasteiger partial charge in [-0.05, 0) is 75.9 Å². The molecule has 1 aliphatic carbocycles. The van der Waals surface area contributed by atoms with Gasteiger partial charge in [0.05, 0.1) is 11.8 Å². The first kappa shape index (κ1) is 26.5. The lowest BCUT2D eigenvalue weighted by Crippen LogP contribution is -2.16. The standard InChI is InChI=1S/C31H24ClF3N2O2/c32-27-16-25(31(33,34)35)13-14-26(27)30(21-2-1-3-21)29(22-7-4-19(5-8-22)6-15-28(38)39)23-11-9-20(10-12-23)24-17-36-37-18-24/h4-18,21H,1-3H2,(H,36,37)(H,38,39). The van der Waals surface area contributed by atoms with Crippen LogP contribution in [0.5, 0.6) is 0 Å². The minimum absolute atomic E-state index is 0.0558. The molecule has 1 aliphatic rings. The van der Waals surface area contributed by atoms with Crippen molar-refractivity contribution in [3.8, 4) is 11.1 Å². The molecule has 198 valence electrons. The van der Waals surface area contributed by atoms with Crippen molar-refractivity contribution in [1.29, 1.82) is 0 Å². The highest BCUT2D eigenvalue weighted by Gasteiger charge is 2.33. The molecule has 5 rings (SSSR count). The van der Waals surface area contributed by atoms with Crippen molar-refractivity contribution in [1.82, 2.24) is 10.2 Å². The van der Waals surface area contributed by atoms with Crippen LogP contribution in [-0.4, -0.2) is 21.3 Å². The SMILES string of the molecule is O=C(O)C=Cc1ccc(C(=C(c2ccc(C(F)(F)F)cc2Cl)C2CCC2)c2ccc(-c3cn[nH]c3)cc2)cc1. The molecular formula is C31H24ClF3N2O2. The summed E-state index contributed by atoms with van der Waals surface area (Å²) in [6.07, 6.45) is 4.46. The van der Waals surface area contributed by atoms with Crippen molar-refractivity contribution in [2.24, 2.45) is 5.92 Å². The summed E-state index contributed by atoms with van der Waals surface area (Å²) in [5.74, 6) is -0.907. The summed E-state index contributed by atoms with van der Waals surface area (Å²) in [7, 11) is 0. The lowest BCUT2D eigenvalue weighted by molar-refractivity contribution is -0.137. The molecular weight excluding hydrogens is 525 g/mol. The van der Waals surface area contributed by atoms with E-state index in [0.29, 0.717) is 11.1 Å². The molecule has 8 heteroatoms. The second-order valence-electron chi connectivity index (χ2n) is 9.47. The predicted octanol–water partition coefficient (Wildman–Crippen LogP) is 8.61. The number of aromatic amines is 1. The van der Waals surface area contributed by atoms with E-state index in [1.54, 1.807) is 12.4 Å². The zero-order valence-electron chi connectivity index (χ0n) is 20.7. The number of benzene rings is 3. The number of H-pyrrole nitrogens is 1. The fraction of sp³-hybridized carbons (Fsp3) is 0.161. The van der Waals surface area contributed by atoms with E-state index in [2.05, 4.69) is 10.2 Å². The van der Waals surface area contributed by atoms with Crippen LogP contribution < -0.4 is 0 Å². The van der Waals surface area contributed by atoms with E-state index in [1.165, 1.54) is 12.1 Å². The Morgan fingerprint density at radius 3 is 2.15 bits per heavy atom. The summed E-state index contributed by atoms with van der Waals surface area (Å²) in [5, 5.41) is 15.8. The summed E-state index contributed by atoms with van der Waals surface area (Å²) in [6, 6.07) is 18.9. The summed E-state index contributed by atoms with van der Waals surface area (Å²) < 4.78 is 40.2. The van der Waals surface area contributed by atoms with E-state index >= 15 is 0 Å². The minimum atomic E-state index is -4.49. The topological polar surface area (TPSA) is 66.0 Å². The number of nitrogens with one attached hydrogen (secondary N) is 1. The van der Waals surface area contributed by atoms with Crippen LogP contribution in [0.25, 0.3) is 28.3 Å². The quantitative estimate of drug-likeness (QED) is 0.179. The normalized spacial score (nSPS) is 14.8. The van der Waals surface area contributed by atoms with E-state index in [0.717, 1.165) is 70.9 Å². The third kappa shape index (κ3) is 5.83. The zero-order valence-corrected chi connectivity index (χ0v) is 21.4. The molecule has 0 aliphatic heterocycles. The second kappa shape index (κ2) is 10.9. The van der Waals surface area contributed by atoms with Gasteiger partial charge in [0.15, 0.2) is 0 Å². The lowest BCUT2D eigenvalue weighted by atomic mass is 9.73. The third-order valence-electron chi connectivity index (χ3n) is 6.99. The number of nitrogens with zero attached hydrogens (tertiary/aromatic N) is 1. The first-order chi connectivity index (χ1) is 18.7. The van der Waals surface area contributed by atoms with Gasteiger partial charge in [-0.1, -0.05) is 72.6 Å². The van der Waals surface area contributed by atoms with Gasteiger partial charge < -0.3 is 5.11 Å². The number of carboxylic acids is 1. The Morgan fingerprint density at radius 1 is 0.974 bits per heavy atom. The van der Waals surface area contributed by atoms with Crippen molar-refractivity contribution in [3.05, 3.63) is 118 Å². The molecule has 0 amide bonds. The van der Waals surface area contributed by atoms with E-state index in [9.17, 15) is 18.0 Å². The average Bonchev–Trinajstić information content (AvgIpc) is 3.42. The Balaban J connectivity index is 1.70. The van der Waals surface area contributed by atoms with Crippen LogP contribution in [0.15, 0.2) is 85.2 Å². The predicted molar refractivity (Wildman–Crippen MR) is 147 cm³/mol. The van der Waals surface area contributed by atoms with Crippen molar-refractivity contribution in [2.45, 2.75) is 25.4 Å². The molecule has 4 nitrogen and oxygen atoms in total. The van der Waals surface area contributed by atoms with Gasteiger partial charge in [0, 0.05) is 22.9 Å². The summed E-state index contributed by atoms with van der Waals surface area (Å²) >= 11 is 6.55. The molecule has 1 heterocycles. The van der Waals surface area contributed by atoms with E-state index in [-0.39, 0.29) is 10.9 Å². The number of rotatable bonds is 7. The summed E-state index contributed by atoms with van der Waals surface area (Å²) in [6.45, 7) is 0. The van der Waals surface area contributed by atoms with Gasteiger partial charge in [-0.2, -0.15) is 18.3 Å². The van der Waals surface area contributed by atoms with Gasteiger partial charge in [0.25, 0.3) is 0 Å². The first-order valence-corrected chi connectivity index (χ1v) is 12.8. The van der Waals surface area contributed by atoms with Crippen LogP contribution in [0, 0.1) is 5.92 Å². The number of halogens is 4. The van der Waals surface area contributed by atoms with Crippen LogP contribution >= 0.6 is 11.6 Å². The molecule has 1 aromatic heterocycles. The van der Waals surface area contributed by atoms with Crippen LogP contribution in [0.2, 0.25) is 5.02 Å². The van der Waals surface area contributed by atoms with Gasteiger partial charge in [-0.3, -0.25) is 5.10 Å². The molecule has 0 saturated heterocycles. The van der Waals surface area contributed by atoms with Gasteiger partial charge in [-0.25, -0.2) is 4.79 Å². The van der Waals surface area contributed by atoms with Gasteiger partial charge >= 0.3 is 12.1 Å².